The Labute approximate surface area is 94.1 Å². The smallest absolute Gasteiger partial charge is 0.252 e. The maximum absolute atomic E-state index is 10.8. The summed E-state index contributed by atoms with van der Waals surface area (Å²) in [5, 5.41) is 32.3. The molecule has 0 saturated carbocycles. The second-order valence-electron chi connectivity index (χ2n) is 3.22. The van der Waals surface area contributed by atoms with E-state index >= 15 is 0 Å². The van der Waals surface area contributed by atoms with Crippen molar-refractivity contribution in [2.45, 2.75) is 12.7 Å². The van der Waals surface area contributed by atoms with Gasteiger partial charge in [0.25, 0.3) is 0 Å². The Hall–Kier alpha value is -2.58. The molecule has 0 fully saturated rings. The van der Waals surface area contributed by atoms with Crippen LogP contribution in [0.4, 0.5) is 0 Å². The molecule has 9 heteroatoms. The fourth-order valence-corrected chi connectivity index (χ4v) is 1.44. The Balaban J connectivity index is 3.66. The summed E-state index contributed by atoms with van der Waals surface area (Å²) in [7, 11) is 0. The zero-order valence-electron chi connectivity index (χ0n) is 8.60. The number of nitrogens with zero attached hydrogens (tertiary/aromatic N) is 3. The van der Waals surface area contributed by atoms with Gasteiger partial charge in [0.2, 0.25) is 0 Å². The molecule has 0 N–H and O–H groups in total. The minimum absolute atomic E-state index is 0.109. The molecule has 0 atom stereocenters. The molecule has 1 aromatic rings. The molecule has 0 radical (unpaired) electrons. The monoisotopic (exact) mass is 241 g/mol. The lowest BCUT2D eigenvalue weighted by Gasteiger charge is -2.10. The van der Waals surface area contributed by atoms with Crippen molar-refractivity contribution in [3.63, 3.8) is 0 Å². The largest absolute Gasteiger partial charge is 0.728 e. The van der Waals surface area contributed by atoms with Gasteiger partial charge in [-0.3, -0.25) is 30.3 Å². The molecular weight excluding hydrogens is 234 g/mol. The van der Waals surface area contributed by atoms with Gasteiger partial charge in [-0.1, -0.05) is 18.2 Å². The summed E-state index contributed by atoms with van der Waals surface area (Å²) >= 11 is 0. The third-order valence-corrected chi connectivity index (χ3v) is 2.27. The molecule has 0 unspecified atom stereocenters. The Kier molecular flexibility index (Phi) is 3.03. The SMILES string of the molecule is Cc1ccccc1C([N+](=O)[O-])([N+](=O)[O-])[N+](=O)[O-]. The second-order valence-corrected chi connectivity index (χ2v) is 3.22. The predicted octanol–water partition coefficient (Wildman–Crippen LogP) is 0.935. The zero-order chi connectivity index (χ0) is 13.2. The van der Waals surface area contributed by atoms with E-state index in [1.54, 1.807) is 0 Å². The number of hydrogen-bond acceptors (Lipinski definition) is 6. The first-order valence-corrected chi connectivity index (χ1v) is 4.34. The van der Waals surface area contributed by atoms with Gasteiger partial charge in [-0.15, -0.1) is 0 Å². The van der Waals surface area contributed by atoms with Crippen LogP contribution in [0.3, 0.4) is 0 Å². The average Bonchev–Trinajstić information content (AvgIpc) is 2.19. The highest BCUT2D eigenvalue weighted by Crippen LogP contribution is 2.28. The van der Waals surface area contributed by atoms with Crippen molar-refractivity contribution >= 4 is 0 Å². The molecule has 0 aliphatic heterocycles. The third kappa shape index (κ3) is 1.67. The molecule has 1 rings (SSSR count). The molecule has 0 aliphatic rings. The van der Waals surface area contributed by atoms with Gasteiger partial charge in [-0.25, -0.2) is 0 Å². The number of rotatable bonds is 4. The average molecular weight is 241 g/mol. The molecule has 1 aromatic carbocycles. The van der Waals surface area contributed by atoms with Crippen molar-refractivity contribution in [1.29, 1.82) is 0 Å². The highest BCUT2D eigenvalue weighted by atomic mass is 16.7. The topological polar surface area (TPSA) is 129 Å². The fraction of sp³-hybridized carbons (Fsp3) is 0.250. The van der Waals surface area contributed by atoms with Gasteiger partial charge in [0.05, 0.1) is 0 Å². The molecule has 0 amide bonds. The maximum atomic E-state index is 10.8. The zero-order valence-corrected chi connectivity index (χ0v) is 8.60. The van der Waals surface area contributed by atoms with E-state index in [-0.39, 0.29) is 5.56 Å². The molecular formula is C8H7N3O6. The summed E-state index contributed by atoms with van der Waals surface area (Å²) < 4.78 is 0. The van der Waals surface area contributed by atoms with Crippen LogP contribution in [0, 0.1) is 37.3 Å². The van der Waals surface area contributed by atoms with Crippen LogP contribution in [0.1, 0.15) is 11.1 Å². The fourth-order valence-electron chi connectivity index (χ4n) is 1.44. The Morgan fingerprint density at radius 1 is 0.941 bits per heavy atom. The van der Waals surface area contributed by atoms with E-state index < -0.39 is 26.1 Å². The molecule has 0 spiro atoms. The predicted molar refractivity (Wildman–Crippen MR) is 53.8 cm³/mol. The molecule has 90 valence electrons. The van der Waals surface area contributed by atoms with Crippen molar-refractivity contribution in [3.8, 4) is 0 Å². The van der Waals surface area contributed by atoms with Crippen LogP contribution >= 0.6 is 0 Å². The van der Waals surface area contributed by atoms with Crippen LogP contribution in [0.5, 0.6) is 0 Å². The summed E-state index contributed by atoms with van der Waals surface area (Å²) in [4.78, 5) is 27.8. The molecule has 0 aliphatic carbocycles. The van der Waals surface area contributed by atoms with E-state index in [1.807, 2.05) is 0 Å². The highest BCUT2D eigenvalue weighted by molar-refractivity contribution is 5.27. The van der Waals surface area contributed by atoms with E-state index in [0.29, 0.717) is 0 Å². The first-order chi connectivity index (χ1) is 7.85. The molecule has 0 aromatic heterocycles. The number of hydrogen-bond donors (Lipinski definition) is 0. The van der Waals surface area contributed by atoms with E-state index in [1.165, 1.54) is 25.1 Å². The molecule has 9 nitrogen and oxygen atoms in total. The van der Waals surface area contributed by atoms with Crippen molar-refractivity contribution in [2.75, 3.05) is 0 Å². The minimum atomic E-state index is -3.55. The first kappa shape index (κ1) is 12.5. The summed E-state index contributed by atoms with van der Waals surface area (Å²) in [6.45, 7) is 1.33. The summed E-state index contributed by atoms with van der Waals surface area (Å²) in [5.74, 6) is -3.55. The van der Waals surface area contributed by atoms with E-state index in [9.17, 15) is 30.3 Å². The summed E-state index contributed by atoms with van der Waals surface area (Å²) in [6, 6.07) is 5.08. The lowest BCUT2D eigenvalue weighted by atomic mass is 10.0. The Bertz CT molecular complexity index is 464. The normalized spacial score (nSPS) is 10.9. The van der Waals surface area contributed by atoms with Crippen LogP contribution in [-0.2, 0) is 5.79 Å². The molecule has 0 saturated heterocycles. The standard InChI is InChI=1S/C8H7N3O6/c1-6-4-2-3-5-7(6)8(9(12)13,10(14)15)11(16)17/h2-5H,1H3. The Morgan fingerprint density at radius 3 is 1.71 bits per heavy atom. The van der Waals surface area contributed by atoms with Gasteiger partial charge < -0.3 is 0 Å². The van der Waals surface area contributed by atoms with Crippen LogP contribution in [0.25, 0.3) is 0 Å². The highest BCUT2D eigenvalue weighted by Gasteiger charge is 2.72. The van der Waals surface area contributed by atoms with Crippen molar-refractivity contribution in [3.05, 3.63) is 65.7 Å². The molecule has 17 heavy (non-hydrogen) atoms. The van der Waals surface area contributed by atoms with E-state index in [2.05, 4.69) is 0 Å². The van der Waals surface area contributed by atoms with Crippen molar-refractivity contribution < 1.29 is 14.8 Å². The number of nitro groups is 3. The minimum Gasteiger partial charge on any atom is -0.252 e. The lowest BCUT2D eigenvalue weighted by molar-refractivity contribution is -0.986. The Morgan fingerprint density at radius 2 is 1.35 bits per heavy atom. The van der Waals surface area contributed by atoms with E-state index in [0.717, 1.165) is 6.07 Å². The lowest BCUT2D eigenvalue weighted by Crippen LogP contribution is -2.50. The van der Waals surface area contributed by atoms with Crippen LogP contribution < -0.4 is 0 Å². The maximum Gasteiger partial charge on any atom is 0.728 e. The van der Waals surface area contributed by atoms with Crippen molar-refractivity contribution in [1.82, 2.24) is 0 Å². The van der Waals surface area contributed by atoms with Crippen LogP contribution in [0.15, 0.2) is 24.3 Å². The van der Waals surface area contributed by atoms with Crippen LogP contribution in [0.2, 0.25) is 0 Å². The van der Waals surface area contributed by atoms with Gasteiger partial charge in [-0.05, 0) is 18.6 Å². The quantitative estimate of drug-likeness (QED) is 0.438. The van der Waals surface area contributed by atoms with Crippen LogP contribution in [-0.4, -0.2) is 14.8 Å². The van der Waals surface area contributed by atoms with Gasteiger partial charge >= 0.3 is 5.79 Å². The van der Waals surface area contributed by atoms with Crippen molar-refractivity contribution in [2.24, 2.45) is 0 Å². The van der Waals surface area contributed by atoms with Gasteiger partial charge in [0, 0.05) is 0 Å². The number of aryl methyl sites for hydroxylation is 1. The van der Waals surface area contributed by atoms with Gasteiger partial charge in [-0.2, -0.15) is 0 Å². The second kappa shape index (κ2) is 4.12. The summed E-state index contributed by atoms with van der Waals surface area (Å²) in [5.41, 5.74) is -0.447. The van der Waals surface area contributed by atoms with Gasteiger partial charge in [0.15, 0.2) is 20.3 Å². The first-order valence-electron chi connectivity index (χ1n) is 4.34. The van der Waals surface area contributed by atoms with E-state index in [4.69, 9.17) is 0 Å². The summed E-state index contributed by atoms with van der Waals surface area (Å²) in [6.07, 6.45) is 0. The number of benzene rings is 1. The van der Waals surface area contributed by atoms with Gasteiger partial charge in [0.1, 0.15) is 0 Å². The third-order valence-electron chi connectivity index (χ3n) is 2.27. The molecule has 0 bridgehead atoms. The molecule has 0 heterocycles.